The Kier molecular flexibility index (Phi) is 8.16. The molecular formula is C25H31N3O6S. The van der Waals surface area contributed by atoms with Crippen LogP contribution in [0.2, 0.25) is 0 Å². The molecule has 0 bridgehead atoms. The Morgan fingerprint density at radius 1 is 1.11 bits per heavy atom. The number of methoxy groups -OCH3 is 1. The Morgan fingerprint density at radius 2 is 1.83 bits per heavy atom. The molecule has 9 nitrogen and oxygen atoms in total. The summed E-state index contributed by atoms with van der Waals surface area (Å²) in [5, 5.41) is 2.88. The van der Waals surface area contributed by atoms with Crippen LogP contribution in [0.25, 0.3) is 0 Å². The van der Waals surface area contributed by atoms with Crippen molar-refractivity contribution in [1.29, 1.82) is 0 Å². The molecule has 3 amide bonds. The van der Waals surface area contributed by atoms with Crippen LogP contribution >= 0.6 is 0 Å². The molecule has 1 N–H and O–H groups in total. The Morgan fingerprint density at radius 3 is 2.49 bits per heavy atom. The number of rotatable bonds is 10. The SMILES string of the molecule is CC[C@@H](C)NC(=O)[C@@H](C)N(Cc1cccc(OC)c1)C(=O)CCN1C(=O)c2ccccc2S1(=O)=O. The van der Waals surface area contributed by atoms with Crippen LogP contribution in [-0.2, 0) is 26.2 Å². The molecule has 0 unspecified atom stereocenters. The van der Waals surface area contributed by atoms with Crippen molar-refractivity contribution in [1.82, 2.24) is 14.5 Å². The number of ether oxygens (including phenoxy) is 1. The van der Waals surface area contributed by atoms with E-state index >= 15 is 0 Å². The fourth-order valence-corrected chi connectivity index (χ4v) is 5.38. The molecule has 0 saturated heterocycles. The molecule has 0 radical (unpaired) electrons. The number of amides is 3. The van der Waals surface area contributed by atoms with E-state index < -0.39 is 27.9 Å². The summed E-state index contributed by atoms with van der Waals surface area (Å²) in [5.74, 6) is -0.806. The van der Waals surface area contributed by atoms with E-state index in [1.807, 2.05) is 19.9 Å². The molecule has 1 aliphatic heterocycles. The van der Waals surface area contributed by atoms with Gasteiger partial charge in [0.2, 0.25) is 11.8 Å². The van der Waals surface area contributed by atoms with Crippen molar-refractivity contribution in [2.24, 2.45) is 0 Å². The lowest BCUT2D eigenvalue weighted by Gasteiger charge is -2.30. The third-order valence-corrected chi connectivity index (χ3v) is 7.94. The standard InChI is InChI=1S/C25H31N3O6S/c1-5-17(2)26-24(30)18(3)27(16-19-9-8-10-20(15-19)34-4)23(29)13-14-28-25(31)21-11-6-7-12-22(21)35(28,32)33/h6-12,15,17-18H,5,13-14,16H2,1-4H3,(H,26,30)/t17-,18-/m1/s1. The molecule has 1 aliphatic rings. The maximum Gasteiger partial charge on any atom is 0.269 e. The molecule has 2 aromatic rings. The third-order valence-electron chi connectivity index (χ3n) is 6.10. The Balaban J connectivity index is 1.81. The summed E-state index contributed by atoms with van der Waals surface area (Å²) in [6, 6.07) is 12.2. The minimum Gasteiger partial charge on any atom is -0.497 e. The van der Waals surface area contributed by atoms with Gasteiger partial charge in [-0.1, -0.05) is 31.2 Å². The number of sulfonamides is 1. The lowest BCUT2D eigenvalue weighted by atomic mass is 10.1. The van der Waals surface area contributed by atoms with E-state index in [2.05, 4.69) is 5.32 Å². The first-order chi connectivity index (χ1) is 16.6. The quantitative estimate of drug-likeness (QED) is 0.535. The molecule has 0 aliphatic carbocycles. The molecule has 1 heterocycles. The average Bonchev–Trinajstić information content (AvgIpc) is 3.05. The lowest BCUT2D eigenvalue weighted by molar-refractivity contribution is -0.140. The number of carbonyl (C=O) groups excluding carboxylic acids is 3. The predicted octanol–water partition coefficient (Wildman–Crippen LogP) is 2.56. The number of nitrogens with zero attached hydrogens (tertiary/aromatic N) is 2. The van der Waals surface area contributed by atoms with Crippen LogP contribution in [0.15, 0.2) is 53.4 Å². The van der Waals surface area contributed by atoms with Crippen LogP contribution in [0.3, 0.4) is 0 Å². The molecule has 188 valence electrons. The fraction of sp³-hybridized carbons (Fsp3) is 0.400. The number of hydrogen-bond donors (Lipinski definition) is 1. The number of hydrogen-bond acceptors (Lipinski definition) is 6. The van der Waals surface area contributed by atoms with E-state index in [9.17, 15) is 22.8 Å². The lowest BCUT2D eigenvalue weighted by Crippen LogP contribution is -2.50. The van der Waals surface area contributed by atoms with Crippen LogP contribution in [0.5, 0.6) is 5.75 Å². The minimum absolute atomic E-state index is 0.0630. The first-order valence-electron chi connectivity index (χ1n) is 11.5. The zero-order chi connectivity index (χ0) is 25.8. The van der Waals surface area contributed by atoms with E-state index in [-0.39, 0.29) is 41.9 Å². The highest BCUT2D eigenvalue weighted by molar-refractivity contribution is 7.90. The number of nitrogens with one attached hydrogen (secondary N) is 1. The van der Waals surface area contributed by atoms with Gasteiger partial charge in [0, 0.05) is 25.6 Å². The predicted molar refractivity (Wildman–Crippen MR) is 130 cm³/mol. The second-order valence-corrected chi connectivity index (χ2v) is 10.3. The number of fused-ring (bicyclic) bond motifs is 1. The van der Waals surface area contributed by atoms with E-state index in [0.29, 0.717) is 5.75 Å². The first-order valence-corrected chi connectivity index (χ1v) is 12.9. The van der Waals surface area contributed by atoms with Gasteiger partial charge in [-0.05, 0) is 50.1 Å². The summed E-state index contributed by atoms with van der Waals surface area (Å²) in [6.07, 6.45) is 0.474. The van der Waals surface area contributed by atoms with Gasteiger partial charge in [-0.3, -0.25) is 14.4 Å². The fourth-order valence-electron chi connectivity index (χ4n) is 3.81. The summed E-state index contributed by atoms with van der Waals surface area (Å²) in [5.41, 5.74) is 0.840. The van der Waals surface area contributed by atoms with Gasteiger partial charge in [-0.15, -0.1) is 0 Å². The molecule has 0 spiro atoms. The summed E-state index contributed by atoms with van der Waals surface area (Å²) >= 11 is 0. The summed E-state index contributed by atoms with van der Waals surface area (Å²) < 4.78 is 31.7. The molecule has 2 atom stereocenters. The summed E-state index contributed by atoms with van der Waals surface area (Å²) in [6.45, 7) is 5.25. The normalized spacial score (nSPS) is 15.8. The van der Waals surface area contributed by atoms with Gasteiger partial charge in [0.05, 0.1) is 12.7 Å². The maximum absolute atomic E-state index is 13.3. The highest BCUT2D eigenvalue weighted by atomic mass is 32.2. The highest BCUT2D eigenvalue weighted by Gasteiger charge is 2.41. The Bertz CT molecular complexity index is 1210. The molecule has 0 saturated carbocycles. The molecule has 0 aromatic heterocycles. The van der Waals surface area contributed by atoms with Crippen molar-refractivity contribution >= 4 is 27.7 Å². The van der Waals surface area contributed by atoms with Gasteiger partial charge < -0.3 is 15.0 Å². The second-order valence-electron chi connectivity index (χ2n) is 8.50. The van der Waals surface area contributed by atoms with Crippen molar-refractivity contribution in [3.05, 3.63) is 59.7 Å². The summed E-state index contributed by atoms with van der Waals surface area (Å²) in [4.78, 5) is 40.2. The average molecular weight is 502 g/mol. The minimum atomic E-state index is -4.02. The maximum atomic E-state index is 13.3. The van der Waals surface area contributed by atoms with Gasteiger partial charge in [0.1, 0.15) is 16.7 Å². The largest absolute Gasteiger partial charge is 0.497 e. The highest BCUT2D eigenvalue weighted by Crippen LogP contribution is 2.30. The zero-order valence-electron chi connectivity index (χ0n) is 20.4. The topological polar surface area (TPSA) is 113 Å². The van der Waals surface area contributed by atoms with Crippen LogP contribution in [0.4, 0.5) is 0 Å². The molecule has 2 aromatic carbocycles. The van der Waals surface area contributed by atoms with Gasteiger partial charge in [0.15, 0.2) is 0 Å². The van der Waals surface area contributed by atoms with Gasteiger partial charge in [-0.2, -0.15) is 0 Å². The van der Waals surface area contributed by atoms with Crippen molar-refractivity contribution in [3.63, 3.8) is 0 Å². The zero-order valence-corrected chi connectivity index (χ0v) is 21.2. The van der Waals surface area contributed by atoms with Crippen molar-refractivity contribution in [3.8, 4) is 5.75 Å². The second kappa shape index (κ2) is 10.9. The monoisotopic (exact) mass is 501 g/mol. The first kappa shape index (κ1) is 26.2. The molecular weight excluding hydrogens is 470 g/mol. The van der Waals surface area contributed by atoms with Crippen molar-refractivity contribution in [2.75, 3.05) is 13.7 Å². The van der Waals surface area contributed by atoms with Crippen LogP contribution < -0.4 is 10.1 Å². The van der Waals surface area contributed by atoms with E-state index in [0.717, 1.165) is 16.3 Å². The van der Waals surface area contributed by atoms with Gasteiger partial charge >= 0.3 is 0 Å². The van der Waals surface area contributed by atoms with E-state index in [1.165, 1.54) is 24.1 Å². The number of carbonyl (C=O) groups is 3. The molecule has 10 heteroatoms. The van der Waals surface area contributed by atoms with Crippen molar-refractivity contribution < 1.29 is 27.5 Å². The molecule has 35 heavy (non-hydrogen) atoms. The van der Waals surface area contributed by atoms with Crippen molar-refractivity contribution in [2.45, 2.75) is 57.1 Å². The number of benzene rings is 2. The smallest absolute Gasteiger partial charge is 0.269 e. The molecule has 3 rings (SSSR count). The Hall–Kier alpha value is -3.40. The van der Waals surface area contributed by atoms with E-state index in [1.54, 1.807) is 37.3 Å². The van der Waals surface area contributed by atoms with Crippen LogP contribution in [0.1, 0.15) is 49.5 Å². The van der Waals surface area contributed by atoms with Gasteiger partial charge in [0.25, 0.3) is 15.9 Å². The van der Waals surface area contributed by atoms with E-state index in [4.69, 9.17) is 4.74 Å². The summed E-state index contributed by atoms with van der Waals surface area (Å²) in [7, 11) is -2.49. The third kappa shape index (κ3) is 5.64. The molecule has 0 fully saturated rings. The van der Waals surface area contributed by atoms with Crippen LogP contribution in [0, 0.1) is 0 Å². The van der Waals surface area contributed by atoms with Gasteiger partial charge in [-0.25, -0.2) is 12.7 Å². The Labute approximate surface area is 206 Å². The van der Waals surface area contributed by atoms with Crippen LogP contribution in [-0.4, -0.2) is 61.1 Å².